The van der Waals surface area contributed by atoms with E-state index in [4.69, 9.17) is 6.58 Å². The van der Waals surface area contributed by atoms with Gasteiger partial charge in [-0.1, -0.05) is 36.4 Å². The van der Waals surface area contributed by atoms with Crippen LogP contribution in [0.4, 0.5) is 0 Å². The molecule has 0 spiro atoms. The summed E-state index contributed by atoms with van der Waals surface area (Å²) >= 11 is 0. The van der Waals surface area contributed by atoms with Gasteiger partial charge in [0.2, 0.25) is 0 Å². The molecule has 63 valence electrons. The number of hydrogen-bond acceptors (Lipinski definition) is 0. The Labute approximate surface area is 74.9 Å². The molecule has 0 bridgehead atoms. The molecule has 0 atom stereocenters. The quantitative estimate of drug-likeness (QED) is 0.635. The number of allylic oxidation sites excluding steroid dienone is 1. The van der Waals surface area contributed by atoms with Crippen LogP contribution in [0.5, 0.6) is 0 Å². The molecular weight excluding hydrogens is 144 g/mol. The van der Waals surface area contributed by atoms with Crippen LogP contribution in [0.2, 0.25) is 0 Å². The first-order valence-corrected chi connectivity index (χ1v) is 4.33. The van der Waals surface area contributed by atoms with Crippen LogP contribution in [0.25, 0.3) is 0 Å². The molecule has 0 aliphatic carbocycles. The van der Waals surface area contributed by atoms with Crippen LogP contribution < -0.4 is 0 Å². The smallest absolute Gasteiger partial charge is 0.0241 e. The first kappa shape index (κ1) is 9.05. The van der Waals surface area contributed by atoms with Crippen molar-refractivity contribution in [3.63, 3.8) is 0 Å². The third-order valence-corrected chi connectivity index (χ3v) is 2.08. The van der Waals surface area contributed by atoms with Crippen molar-refractivity contribution >= 4 is 0 Å². The molecule has 1 radical (unpaired) electrons. The zero-order valence-corrected chi connectivity index (χ0v) is 7.80. The first-order valence-electron chi connectivity index (χ1n) is 4.33. The molecule has 1 aromatic rings. The lowest BCUT2D eigenvalue weighted by Crippen LogP contribution is -1.88. The van der Waals surface area contributed by atoms with Gasteiger partial charge in [0.15, 0.2) is 0 Å². The fraction of sp³-hybridized carbons (Fsp3) is 0.333. The average molecular weight is 159 g/mol. The molecule has 0 fully saturated rings. The van der Waals surface area contributed by atoms with E-state index in [0.29, 0.717) is 0 Å². The molecule has 12 heavy (non-hydrogen) atoms. The van der Waals surface area contributed by atoms with Gasteiger partial charge in [0.05, 0.1) is 0 Å². The Bertz CT molecular complexity index is 271. The maximum absolute atomic E-state index is 5.33. The van der Waals surface area contributed by atoms with Crippen LogP contribution in [-0.2, 0) is 6.42 Å². The zero-order valence-electron chi connectivity index (χ0n) is 7.80. The van der Waals surface area contributed by atoms with Gasteiger partial charge in [0.1, 0.15) is 0 Å². The van der Waals surface area contributed by atoms with E-state index >= 15 is 0 Å². The SMILES string of the molecule is [CH]=CCCc1ccc(C)cc1C. The third-order valence-electron chi connectivity index (χ3n) is 2.08. The number of benzene rings is 1. The van der Waals surface area contributed by atoms with Crippen LogP contribution in [0, 0.1) is 20.4 Å². The Morgan fingerprint density at radius 3 is 2.67 bits per heavy atom. The summed E-state index contributed by atoms with van der Waals surface area (Å²) in [6, 6.07) is 6.55. The summed E-state index contributed by atoms with van der Waals surface area (Å²) in [5, 5.41) is 0. The number of aryl methyl sites for hydroxylation is 3. The van der Waals surface area contributed by atoms with E-state index in [0.717, 1.165) is 12.8 Å². The highest BCUT2D eigenvalue weighted by atomic mass is 14.0. The lowest BCUT2D eigenvalue weighted by Gasteiger charge is -2.04. The Hall–Kier alpha value is -1.04. The fourth-order valence-corrected chi connectivity index (χ4v) is 1.37. The van der Waals surface area contributed by atoms with E-state index in [1.807, 2.05) is 0 Å². The Kier molecular flexibility index (Phi) is 3.09. The van der Waals surface area contributed by atoms with Crippen molar-refractivity contribution in [1.29, 1.82) is 0 Å². The standard InChI is InChI=1S/C12H15/c1-4-5-6-12-8-7-10(2)9-11(12)3/h1,4,7-9H,5-6H2,2-3H3. The van der Waals surface area contributed by atoms with Crippen LogP contribution >= 0.6 is 0 Å². The van der Waals surface area contributed by atoms with E-state index in [1.165, 1.54) is 16.7 Å². The van der Waals surface area contributed by atoms with Gasteiger partial charge >= 0.3 is 0 Å². The van der Waals surface area contributed by atoms with Crippen molar-refractivity contribution in [2.45, 2.75) is 26.7 Å². The second kappa shape index (κ2) is 4.10. The molecule has 1 rings (SSSR count). The minimum atomic E-state index is 0.962. The maximum Gasteiger partial charge on any atom is -0.0241 e. The molecule has 0 N–H and O–H groups in total. The summed E-state index contributed by atoms with van der Waals surface area (Å²) in [5.74, 6) is 0. The summed E-state index contributed by atoms with van der Waals surface area (Å²) in [5.41, 5.74) is 4.10. The van der Waals surface area contributed by atoms with Crippen LogP contribution in [-0.4, -0.2) is 0 Å². The highest BCUT2D eigenvalue weighted by Crippen LogP contribution is 2.12. The van der Waals surface area contributed by atoms with Crippen LogP contribution in [0.1, 0.15) is 23.1 Å². The molecule has 0 saturated heterocycles. The minimum Gasteiger partial charge on any atom is -0.0842 e. The van der Waals surface area contributed by atoms with Crippen molar-refractivity contribution in [3.05, 3.63) is 47.5 Å². The van der Waals surface area contributed by atoms with Gasteiger partial charge in [-0.15, -0.1) is 0 Å². The molecule has 0 aliphatic heterocycles. The van der Waals surface area contributed by atoms with E-state index in [-0.39, 0.29) is 0 Å². The predicted octanol–water partition coefficient (Wildman–Crippen LogP) is 3.23. The maximum atomic E-state index is 5.33. The number of hydrogen-bond donors (Lipinski definition) is 0. The summed E-state index contributed by atoms with van der Waals surface area (Å²) < 4.78 is 0. The molecule has 0 amide bonds. The van der Waals surface area contributed by atoms with Gasteiger partial charge in [0, 0.05) is 0 Å². The zero-order chi connectivity index (χ0) is 8.97. The summed E-state index contributed by atoms with van der Waals surface area (Å²) in [4.78, 5) is 0. The summed E-state index contributed by atoms with van der Waals surface area (Å²) in [6.07, 6.45) is 3.74. The normalized spacial score (nSPS) is 9.83. The van der Waals surface area contributed by atoms with Gasteiger partial charge in [-0.3, -0.25) is 0 Å². The Balaban J connectivity index is 2.78. The van der Waals surface area contributed by atoms with Gasteiger partial charge in [-0.2, -0.15) is 0 Å². The molecule has 0 nitrogen and oxygen atoms in total. The summed E-state index contributed by atoms with van der Waals surface area (Å²) in [6.45, 7) is 9.60. The van der Waals surface area contributed by atoms with E-state index in [2.05, 4.69) is 32.0 Å². The van der Waals surface area contributed by atoms with Crippen molar-refractivity contribution in [2.75, 3.05) is 0 Å². The molecule has 0 aromatic heterocycles. The van der Waals surface area contributed by atoms with Crippen molar-refractivity contribution in [2.24, 2.45) is 0 Å². The average Bonchev–Trinajstić information content (AvgIpc) is 2.03. The molecule has 1 aromatic carbocycles. The second-order valence-corrected chi connectivity index (χ2v) is 3.20. The topological polar surface area (TPSA) is 0 Å². The lowest BCUT2D eigenvalue weighted by atomic mass is 10.0. The number of rotatable bonds is 3. The van der Waals surface area contributed by atoms with Gasteiger partial charge in [-0.05, 0) is 37.8 Å². The molecule has 0 unspecified atom stereocenters. The molecule has 0 heterocycles. The third kappa shape index (κ3) is 2.23. The van der Waals surface area contributed by atoms with Crippen molar-refractivity contribution in [1.82, 2.24) is 0 Å². The second-order valence-electron chi connectivity index (χ2n) is 3.20. The molecular formula is C12H15. The highest BCUT2D eigenvalue weighted by molar-refractivity contribution is 5.30. The predicted molar refractivity (Wildman–Crippen MR) is 53.1 cm³/mol. The minimum absolute atomic E-state index is 0.962. The molecule has 0 saturated carbocycles. The van der Waals surface area contributed by atoms with E-state index in [9.17, 15) is 0 Å². The van der Waals surface area contributed by atoms with Gasteiger partial charge < -0.3 is 0 Å². The van der Waals surface area contributed by atoms with Crippen molar-refractivity contribution in [3.8, 4) is 0 Å². The lowest BCUT2D eigenvalue weighted by molar-refractivity contribution is 0.986. The monoisotopic (exact) mass is 159 g/mol. The Morgan fingerprint density at radius 2 is 2.08 bits per heavy atom. The summed E-state index contributed by atoms with van der Waals surface area (Å²) in [7, 11) is 0. The van der Waals surface area contributed by atoms with E-state index < -0.39 is 0 Å². The van der Waals surface area contributed by atoms with Crippen LogP contribution in [0.3, 0.4) is 0 Å². The van der Waals surface area contributed by atoms with Gasteiger partial charge in [-0.25, -0.2) is 0 Å². The largest absolute Gasteiger partial charge is 0.0842 e. The van der Waals surface area contributed by atoms with E-state index in [1.54, 1.807) is 6.08 Å². The molecule has 0 aliphatic rings. The molecule has 0 heteroatoms. The van der Waals surface area contributed by atoms with Crippen molar-refractivity contribution < 1.29 is 0 Å². The Morgan fingerprint density at radius 1 is 1.33 bits per heavy atom. The van der Waals surface area contributed by atoms with Gasteiger partial charge in [0.25, 0.3) is 0 Å². The fourth-order valence-electron chi connectivity index (χ4n) is 1.37. The van der Waals surface area contributed by atoms with Crippen LogP contribution in [0.15, 0.2) is 24.3 Å². The first-order chi connectivity index (χ1) is 5.74. The highest BCUT2D eigenvalue weighted by Gasteiger charge is 1.96.